The van der Waals surface area contributed by atoms with Crippen LogP contribution in [-0.4, -0.2) is 12.5 Å². The third kappa shape index (κ3) is 2.24. The fraction of sp³-hybridized carbons (Fsp3) is 0.364. The quantitative estimate of drug-likeness (QED) is 0.902. The number of carbonyl (C=O) groups excluding carboxylic acids is 1. The van der Waals surface area contributed by atoms with Gasteiger partial charge < -0.3 is 11.1 Å². The number of hydrogen-bond acceptors (Lipinski definition) is 2. The van der Waals surface area contributed by atoms with Crippen LogP contribution in [0.25, 0.3) is 0 Å². The number of amides is 1. The van der Waals surface area contributed by atoms with Gasteiger partial charge in [-0.1, -0.05) is 11.6 Å². The van der Waals surface area contributed by atoms with Gasteiger partial charge in [0.15, 0.2) is 0 Å². The number of nitrogens with one attached hydrogen (secondary N) is 1. The summed E-state index contributed by atoms with van der Waals surface area (Å²) in [5, 5.41) is 3.45. The van der Waals surface area contributed by atoms with E-state index in [1.807, 2.05) is 0 Å². The molecule has 0 unspecified atom stereocenters. The molecule has 16 heavy (non-hydrogen) atoms. The first-order chi connectivity index (χ1) is 7.57. The summed E-state index contributed by atoms with van der Waals surface area (Å²) in [5.74, 6) is -0.0158. The predicted octanol–water partition coefficient (Wildman–Crippen LogP) is 2.78. The molecular formula is C11H12BrClN2O. The van der Waals surface area contributed by atoms with Crippen LogP contribution in [-0.2, 0) is 4.79 Å². The maximum Gasteiger partial charge on any atom is 0.231 e. The van der Waals surface area contributed by atoms with Crippen LogP contribution in [0.15, 0.2) is 22.7 Å². The van der Waals surface area contributed by atoms with E-state index >= 15 is 0 Å². The highest BCUT2D eigenvalue weighted by molar-refractivity contribution is 9.10. The summed E-state index contributed by atoms with van der Waals surface area (Å²) in [6.07, 6.45) is 1.74. The van der Waals surface area contributed by atoms with Crippen molar-refractivity contribution in [1.82, 2.24) is 0 Å². The first kappa shape index (κ1) is 11.9. The SMILES string of the molecule is NCC1(C(=O)Nc2cc(Cl)ccc2Br)CC1. The van der Waals surface area contributed by atoms with Crippen LogP contribution in [0.3, 0.4) is 0 Å². The van der Waals surface area contributed by atoms with Crippen molar-refractivity contribution in [3.05, 3.63) is 27.7 Å². The zero-order chi connectivity index (χ0) is 11.8. The molecule has 0 aliphatic heterocycles. The Balaban J connectivity index is 2.15. The maximum absolute atomic E-state index is 11.9. The van der Waals surface area contributed by atoms with Gasteiger partial charge >= 0.3 is 0 Å². The Morgan fingerprint density at radius 1 is 1.56 bits per heavy atom. The molecule has 1 amide bonds. The number of hydrogen-bond donors (Lipinski definition) is 2. The first-order valence-electron chi connectivity index (χ1n) is 5.04. The predicted molar refractivity (Wildman–Crippen MR) is 68.5 cm³/mol. The summed E-state index contributed by atoms with van der Waals surface area (Å²) in [5.41, 5.74) is 5.94. The minimum atomic E-state index is -0.345. The van der Waals surface area contributed by atoms with Gasteiger partial charge in [0.25, 0.3) is 0 Å². The molecule has 5 heteroatoms. The van der Waals surface area contributed by atoms with Gasteiger partial charge in [-0.2, -0.15) is 0 Å². The lowest BCUT2D eigenvalue weighted by Crippen LogP contribution is -2.30. The third-order valence-electron chi connectivity index (χ3n) is 2.90. The molecule has 1 aliphatic rings. The fourth-order valence-corrected chi connectivity index (χ4v) is 2.04. The molecular weight excluding hydrogens is 291 g/mol. The molecule has 1 aliphatic carbocycles. The minimum absolute atomic E-state index is 0.0158. The fourth-order valence-electron chi connectivity index (χ4n) is 1.52. The van der Waals surface area contributed by atoms with Crippen LogP contribution in [0, 0.1) is 5.41 Å². The average Bonchev–Trinajstić information content (AvgIpc) is 3.04. The highest BCUT2D eigenvalue weighted by Crippen LogP contribution is 2.45. The molecule has 3 N–H and O–H groups in total. The van der Waals surface area contributed by atoms with Crippen LogP contribution >= 0.6 is 27.5 Å². The number of nitrogens with two attached hydrogens (primary N) is 1. The minimum Gasteiger partial charge on any atom is -0.329 e. The molecule has 0 bridgehead atoms. The van der Waals surface area contributed by atoms with E-state index in [2.05, 4.69) is 21.2 Å². The van der Waals surface area contributed by atoms with Gasteiger partial charge in [-0.25, -0.2) is 0 Å². The van der Waals surface area contributed by atoms with Crippen LogP contribution < -0.4 is 11.1 Å². The summed E-state index contributed by atoms with van der Waals surface area (Å²) in [6.45, 7) is 0.400. The number of benzene rings is 1. The summed E-state index contributed by atoms with van der Waals surface area (Å²) in [6, 6.07) is 5.28. The second-order valence-electron chi connectivity index (χ2n) is 4.06. The molecule has 1 aromatic rings. The Kier molecular flexibility index (Phi) is 3.24. The van der Waals surface area contributed by atoms with Gasteiger partial charge in [0, 0.05) is 16.0 Å². The van der Waals surface area contributed by atoms with E-state index in [9.17, 15) is 4.79 Å². The molecule has 0 spiro atoms. The Morgan fingerprint density at radius 2 is 2.25 bits per heavy atom. The normalized spacial score (nSPS) is 16.9. The third-order valence-corrected chi connectivity index (χ3v) is 3.83. The molecule has 1 aromatic carbocycles. The van der Waals surface area contributed by atoms with Gasteiger partial charge in [0.2, 0.25) is 5.91 Å². The first-order valence-corrected chi connectivity index (χ1v) is 6.21. The summed E-state index contributed by atoms with van der Waals surface area (Å²) >= 11 is 9.23. The highest BCUT2D eigenvalue weighted by atomic mass is 79.9. The van der Waals surface area contributed by atoms with E-state index in [0.717, 1.165) is 17.3 Å². The zero-order valence-electron chi connectivity index (χ0n) is 8.59. The van der Waals surface area contributed by atoms with Crippen molar-refractivity contribution in [2.24, 2.45) is 11.1 Å². The summed E-state index contributed by atoms with van der Waals surface area (Å²) < 4.78 is 0.818. The van der Waals surface area contributed by atoms with E-state index in [1.54, 1.807) is 18.2 Å². The Labute approximate surface area is 107 Å². The molecule has 1 fully saturated rings. The lowest BCUT2D eigenvalue weighted by atomic mass is 10.1. The van der Waals surface area contributed by atoms with Crippen molar-refractivity contribution < 1.29 is 4.79 Å². The largest absolute Gasteiger partial charge is 0.329 e. The number of halogens is 2. The van der Waals surface area contributed by atoms with Crippen molar-refractivity contribution >= 4 is 39.1 Å². The Bertz CT molecular complexity index is 432. The molecule has 86 valence electrons. The highest BCUT2D eigenvalue weighted by Gasteiger charge is 2.48. The van der Waals surface area contributed by atoms with E-state index in [0.29, 0.717) is 17.3 Å². The second kappa shape index (κ2) is 4.35. The molecule has 2 rings (SSSR count). The smallest absolute Gasteiger partial charge is 0.231 e. The zero-order valence-corrected chi connectivity index (χ0v) is 10.9. The van der Waals surface area contributed by atoms with Crippen molar-refractivity contribution in [2.45, 2.75) is 12.8 Å². The number of rotatable bonds is 3. The molecule has 0 radical (unpaired) electrons. The molecule has 0 saturated heterocycles. The average molecular weight is 304 g/mol. The second-order valence-corrected chi connectivity index (χ2v) is 5.35. The lowest BCUT2D eigenvalue weighted by Gasteiger charge is -2.14. The van der Waals surface area contributed by atoms with Crippen LogP contribution in [0.4, 0.5) is 5.69 Å². The molecule has 1 saturated carbocycles. The molecule has 3 nitrogen and oxygen atoms in total. The summed E-state index contributed by atoms with van der Waals surface area (Å²) in [4.78, 5) is 11.9. The number of carbonyl (C=O) groups is 1. The monoisotopic (exact) mass is 302 g/mol. The van der Waals surface area contributed by atoms with Crippen molar-refractivity contribution in [2.75, 3.05) is 11.9 Å². The molecule has 0 atom stereocenters. The molecule has 0 heterocycles. The summed E-state index contributed by atoms with van der Waals surface area (Å²) in [7, 11) is 0. The van der Waals surface area contributed by atoms with Crippen molar-refractivity contribution in [3.8, 4) is 0 Å². The van der Waals surface area contributed by atoms with E-state index in [-0.39, 0.29) is 11.3 Å². The van der Waals surface area contributed by atoms with Gasteiger partial charge in [-0.05, 0) is 47.0 Å². The van der Waals surface area contributed by atoms with Crippen LogP contribution in [0.1, 0.15) is 12.8 Å². The van der Waals surface area contributed by atoms with Gasteiger partial charge in [0.05, 0.1) is 11.1 Å². The molecule has 0 aromatic heterocycles. The van der Waals surface area contributed by atoms with Gasteiger partial charge in [0.1, 0.15) is 0 Å². The van der Waals surface area contributed by atoms with E-state index in [4.69, 9.17) is 17.3 Å². The number of anilines is 1. The lowest BCUT2D eigenvalue weighted by molar-refractivity contribution is -0.120. The topological polar surface area (TPSA) is 55.1 Å². The maximum atomic E-state index is 11.9. The van der Waals surface area contributed by atoms with Crippen LogP contribution in [0.2, 0.25) is 5.02 Å². The van der Waals surface area contributed by atoms with E-state index < -0.39 is 0 Å². The standard InChI is InChI=1S/C11H12BrClN2O/c12-8-2-1-7(13)5-9(8)15-10(16)11(6-14)3-4-11/h1-2,5H,3-4,6,14H2,(H,15,16). The van der Waals surface area contributed by atoms with E-state index in [1.165, 1.54) is 0 Å². The Hall–Kier alpha value is -0.580. The van der Waals surface area contributed by atoms with Crippen LogP contribution in [0.5, 0.6) is 0 Å². The van der Waals surface area contributed by atoms with Crippen molar-refractivity contribution in [3.63, 3.8) is 0 Å². The van der Waals surface area contributed by atoms with Crippen molar-refractivity contribution in [1.29, 1.82) is 0 Å². The van der Waals surface area contributed by atoms with Gasteiger partial charge in [-0.3, -0.25) is 4.79 Å². The Morgan fingerprint density at radius 3 is 2.81 bits per heavy atom. The van der Waals surface area contributed by atoms with Gasteiger partial charge in [-0.15, -0.1) is 0 Å².